The van der Waals surface area contributed by atoms with Gasteiger partial charge < -0.3 is 4.74 Å². The van der Waals surface area contributed by atoms with E-state index in [4.69, 9.17) is 4.74 Å². The van der Waals surface area contributed by atoms with Gasteiger partial charge in [-0.2, -0.15) is 0 Å². The van der Waals surface area contributed by atoms with Gasteiger partial charge in [0.15, 0.2) is 0 Å². The Bertz CT molecular complexity index is 841. The van der Waals surface area contributed by atoms with Crippen LogP contribution in [-0.2, 0) is 17.6 Å². The largest absolute Gasteiger partial charge is 0.462 e. The van der Waals surface area contributed by atoms with Gasteiger partial charge in [0.25, 0.3) is 0 Å². The lowest BCUT2D eigenvalue weighted by atomic mass is 9.85. The first-order valence-corrected chi connectivity index (χ1v) is 9.95. The number of ether oxygens (including phenoxy) is 1. The third-order valence-corrected chi connectivity index (χ3v) is 5.61. The summed E-state index contributed by atoms with van der Waals surface area (Å²) >= 11 is 0. The molecule has 2 aromatic rings. The van der Waals surface area contributed by atoms with Gasteiger partial charge >= 0.3 is 5.97 Å². The number of aryl methyl sites for hydroxylation is 2. The third-order valence-electron chi connectivity index (χ3n) is 5.61. The predicted octanol–water partition coefficient (Wildman–Crippen LogP) is 6.33. The molecule has 3 rings (SSSR count). The van der Waals surface area contributed by atoms with E-state index in [0.29, 0.717) is 17.6 Å². The van der Waals surface area contributed by atoms with Gasteiger partial charge in [-0.3, -0.25) is 0 Å². The van der Waals surface area contributed by atoms with Gasteiger partial charge in [-0.15, -0.1) is 0 Å². The number of rotatable bonds is 4. The summed E-state index contributed by atoms with van der Waals surface area (Å²) in [5.74, 6) is -0.265. The molecule has 0 heterocycles. The highest BCUT2D eigenvalue weighted by atomic mass is 16.5. The minimum atomic E-state index is -0.265. The van der Waals surface area contributed by atoms with Gasteiger partial charge in [-0.05, 0) is 84.9 Å². The van der Waals surface area contributed by atoms with Crippen molar-refractivity contribution in [3.8, 4) is 0 Å². The Kier molecular flexibility index (Phi) is 5.84. The summed E-state index contributed by atoms with van der Waals surface area (Å²) in [6.45, 7) is 9.13. The zero-order chi connectivity index (χ0) is 19.4. The lowest BCUT2D eigenvalue weighted by Crippen LogP contribution is -2.10. The van der Waals surface area contributed by atoms with Crippen LogP contribution in [-0.4, -0.2) is 12.6 Å². The lowest BCUT2D eigenvalue weighted by molar-refractivity contribution is 0.0526. The van der Waals surface area contributed by atoms with E-state index in [-0.39, 0.29) is 5.97 Å². The molecule has 0 unspecified atom stereocenters. The van der Waals surface area contributed by atoms with Crippen LogP contribution in [0, 0.1) is 5.41 Å². The average Bonchev–Trinajstić information content (AvgIpc) is 2.80. The maximum absolute atomic E-state index is 11.8. The molecule has 0 fully saturated rings. The van der Waals surface area contributed by atoms with Crippen LogP contribution in [0.2, 0.25) is 0 Å². The molecule has 0 saturated carbocycles. The topological polar surface area (TPSA) is 26.3 Å². The molecular formula is C25H30O2. The molecule has 0 bridgehead atoms. The number of allylic oxidation sites excluding steroid dienone is 1. The number of carbonyl (C=O) groups is 1. The second-order valence-corrected chi connectivity index (χ2v) is 8.32. The summed E-state index contributed by atoms with van der Waals surface area (Å²) in [4.78, 5) is 11.8. The van der Waals surface area contributed by atoms with Crippen LogP contribution in [0.5, 0.6) is 0 Å². The Morgan fingerprint density at radius 2 is 1.63 bits per heavy atom. The summed E-state index contributed by atoms with van der Waals surface area (Å²) in [5.41, 5.74) is 7.66. The number of fused-ring (bicyclic) bond motifs is 1. The Labute approximate surface area is 163 Å². The molecule has 0 radical (unpaired) electrons. The van der Waals surface area contributed by atoms with Crippen LogP contribution in [0.1, 0.15) is 73.1 Å². The van der Waals surface area contributed by atoms with Crippen molar-refractivity contribution in [2.24, 2.45) is 5.41 Å². The molecule has 27 heavy (non-hydrogen) atoms. The lowest BCUT2D eigenvalue weighted by Gasteiger charge is -2.21. The van der Waals surface area contributed by atoms with E-state index in [2.05, 4.69) is 45.0 Å². The molecular weight excluding hydrogens is 332 g/mol. The number of hydrogen-bond donors (Lipinski definition) is 0. The first kappa shape index (κ1) is 19.4. The molecule has 2 nitrogen and oxygen atoms in total. The van der Waals surface area contributed by atoms with Crippen LogP contribution in [0.15, 0.2) is 42.5 Å². The van der Waals surface area contributed by atoms with E-state index in [1.165, 1.54) is 41.5 Å². The quantitative estimate of drug-likeness (QED) is 0.361. The van der Waals surface area contributed by atoms with Crippen molar-refractivity contribution in [3.63, 3.8) is 0 Å². The second-order valence-electron chi connectivity index (χ2n) is 8.32. The highest BCUT2D eigenvalue weighted by Crippen LogP contribution is 2.34. The molecule has 1 aliphatic carbocycles. The minimum Gasteiger partial charge on any atom is -0.462 e. The van der Waals surface area contributed by atoms with Gasteiger partial charge in [0.2, 0.25) is 0 Å². The fourth-order valence-corrected chi connectivity index (χ4v) is 3.68. The molecule has 2 heteroatoms. The molecule has 0 aliphatic heterocycles. The van der Waals surface area contributed by atoms with E-state index >= 15 is 0 Å². The summed E-state index contributed by atoms with van der Waals surface area (Å²) in [6.07, 6.45) is 7.04. The van der Waals surface area contributed by atoms with Gasteiger partial charge in [-0.25, -0.2) is 4.79 Å². The summed E-state index contributed by atoms with van der Waals surface area (Å²) in [6, 6.07) is 14.5. The van der Waals surface area contributed by atoms with E-state index in [0.717, 1.165) is 12.0 Å². The Morgan fingerprint density at radius 3 is 2.30 bits per heavy atom. The first-order chi connectivity index (χ1) is 12.9. The van der Waals surface area contributed by atoms with E-state index in [1.807, 2.05) is 31.2 Å². The van der Waals surface area contributed by atoms with Crippen molar-refractivity contribution >= 4 is 17.6 Å². The Balaban J connectivity index is 1.79. The zero-order valence-corrected chi connectivity index (χ0v) is 17.0. The van der Waals surface area contributed by atoms with Gasteiger partial charge in [0.05, 0.1) is 12.2 Å². The van der Waals surface area contributed by atoms with Crippen LogP contribution >= 0.6 is 0 Å². The molecule has 0 N–H and O–H groups in total. The van der Waals surface area contributed by atoms with Crippen molar-refractivity contribution in [2.75, 3.05) is 6.61 Å². The average molecular weight is 363 g/mol. The highest BCUT2D eigenvalue weighted by Gasteiger charge is 2.22. The monoisotopic (exact) mass is 362 g/mol. The molecule has 142 valence electrons. The third kappa shape index (κ3) is 4.88. The number of carbonyl (C=O) groups excluding carboxylic acids is 1. The summed E-state index contributed by atoms with van der Waals surface area (Å²) in [5, 5.41) is 0. The van der Waals surface area contributed by atoms with Gasteiger partial charge in [-0.1, -0.05) is 50.3 Å². The maximum Gasteiger partial charge on any atom is 0.338 e. The maximum atomic E-state index is 11.8. The summed E-state index contributed by atoms with van der Waals surface area (Å²) < 4.78 is 5.04. The molecule has 0 saturated heterocycles. The van der Waals surface area contributed by atoms with Gasteiger partial charge in [0.1, 0.15) is 0 Å². The van der Waals surface area contributed by atoms with Crippen molar-refractivity contribution in [2.45, 2.75) is 53.4 Å². The summed E-state index contributed by atoms with van der Waals surface area (Å²) in [7, 11) is 0. The van der Waals surface area contributed by atoms with Crippen LogP contribution in [0.25, 0.3) is 11.6 Å². The fraction of sp³-hybridized carbons (Fsp3) is 0.400. The SMILES string of the molecule is CCOC(=O)c1ccc(C=C(C)c2ccc3c(c2)CCC(C)(C)CC3)cc1. The van der Waals surface area contributed by atoms with Crippen LogP contribution in [0.3, 0.4) is 0 Å². The van der Waals surface area contributed by atoms with E-state index in [1.54, 1.807) is 0 Å². The van der Waals surface area contributed by atoms with Crippen molar-refractivity contribution in [3.05, 3.63) is 70.3 Å². The van der Waals surface area contributed by atoms with E-state index in [9.17, 15) is 4.79 Å². The number of hydrogen-bond acceptors (Lipinski definition) is 2. The van der Waals surface area contributed by atoms with Crippen molar-refractivity contribution in [1.82, 2.24) is 0 Å². The molecule has 1 aliphatic rings. The molecule has 0 amide bonds. The predicted molar refractivity (Wildman–Crippen MR) is 113 cm³/mol. The molecule has 0 aromatic heterocycles. The molecule has 0 spiro atoms. The normalized spacial score (nSPS) is 16.4. The standard InChI is InChI=1S/C25H30O2/c1-5-27-24(26)21-8-6-19(7-9-21)16-18(2)22-11-10-20-12-14-25(3,4)15-13-23(20)17-22/h6-11,16-17H,5,12-15H2,1-4H3. The smallest absolute Gasteiger partial charge is 0.338 e. The minimum absolute atomic E-state index is 0.265. The zero-order valence-electron chi connectivity index (χ0n) is 17.0. The van der Waals surface area contributed by atoms with Crippen molar-refractivity contribution in [1.29, 1.82) is 0 Å². The Hall–Kier alpha value is -2.35. The molecule has 2 aromatic carbocycles. The van der Waals surface area contributed by atoms with Crippen molar-refractivity contribution < 1.29 is 9.53 Å². The molecule has 0 atom stereocenters. The van der Waals surface area contributed by atoms with E-state index < -0.39 is 0 Å². The first-order valence-electron chi connectivity index (χ1n) is 9.95. The highest BCUT2D eigenvalue weighted by molar-refractivity contribution is 5.90. The van der Waals surface area contributed by atoms with Gasteiger partial charge in [0, 0.05) is 0 Å². The second kappa shape index (κ2) is 8.12. The number of benzene rings is 2. The van der Waals surface area contributed by atoms with Crippen LogP contribution in [0.4, 0.5) is 0 Å². The Morgan fingerprint density at radius 1 is 1.00 bits per heavy atom. The van der Waals surface area contributed by atoms with Crippen LogP contribution < -0.4 is 0 Å². The fourth-order valence-electron chi connectivity index (χ4n) is 3.68. The number of esters is 1.